The summed E-state index contributed by atoms with van der Waals surface area (Å²) in [6, 6.07) is 33.7. The minimum absolute atomic E-state index is 0. The monoisotopic (exact) mass is 875 g/mol. The van der Waals surface area contributed by atoms with Crippen molar-refractivity contribution in [3.05, 3.63) is 115 Å². The summed E-state index contributed by atoms with van der Waals surface area (Å²) in [6.45, 7) is 6.92. The van der Waals surface area contributed by atoms with Crippen molar-refractivity contribution in [2.75, 3.05) is 0 Å². The quantitative estimate of drug-likeness (QED) is 0.124. The fourth-order valence-electron chi connectivity index (χ4n) is 6.93. The van der Waals surface area contributed by atoms with Crippen LogP contribution in [-0.2, 0) is 32.9 Å². The molecule has 3 heterocycles. The van der Waals surface area contributed by atoms with Gasteiger partial charge in [-0.3, -0.25) is 0 Å². The molecule has 1 fully saturated rings. The Morgan fingerprint density at radius 3 is 2.31 bits per heavy atom. The first-order chi connectivity index (χ1) is 22.5. The number of nitrogens with zero attached hydrogens (tertiary/aromatic N) is 2. The molecule has 3 aromatic heterocycles. The molecule has 5 heteroatoms. The van der Waals surface area contributed by atoms with Crippen molar-refractivity contribution in [3.63, 3.8) is 0 Å². The van der Waals surface area contributed by atoms with E-state index in [-0.39, 0.29) is 20.1 Å². The summed E-state index contributed by atoms with van der Waals surface area (Å²) in [7, 11) is 0. The second kappa shape index (κ2) is 15.7. The van der Waals surface area contributed by atoms with Gasteiger partial charge in [0.15, 0.2) is 0 Å². The van der Waals surface area contributed by atoms with Crippen molar-refractivity contribution >= 4 is 39.6 Å². The van der Waals surface area contributed by atoms with E-state index < -0.39 is 13.3 Å². The molecule has 1 aliphatic rings. The van der Waals surface area contributed by atoms with Gasteiger partial charge in [0.05, 0.1) is 5.58 Å². The minimum atomic E-state index is -1.90. The number of fused-ring (bicyclic) bond motifs is 3. The Morgan fingerprint density at radius 2 is 1.58 bits per heavy atom. The molecule has 6 aromatic rings. The molecule has 1 radical (unpaired) electrons. The van der Waals surface area contributed by atoms with Gasteiger partial charge in [-0.1, -0.05) is 72.9 Å². The maximum absolute atomic E-state index is 6.16. The van der Waals surface area contributed by atoms with Crippen LogP contribution < -0.4 is 4.40 Å². The number of para-hydroxylation sites is 1. The van der Waals surface area contributed by atoms with Gasteiger partial charge in [0.2, 0.25) is 0 Å². The molecule has 48 heavy (non-hydrogen) atoms. The Balaban J connectivity index is 0.000000189. The summed E-state index contributed by atoms with van der Waals surface area (Å²) >= 11 is -1.90. The second-order valence-electron chi connectivity index (χ2n) is 15.4. The van der Waals surface area contributed by atoms with Crippen LogP contribution in [0.2, 0.25) is 17.3 Å². The Kier molecular flexibility index (Phi) is 11.8. The van der Waals surface area contributed by atoms with Crippen LogP contribution in [0.25, 0.3) is 44.5 Å². The van der Waals surface area contributed by atoms with Gasteiger partial charge in [0.1, 0.15) is 5.58 Å². The first-order valence-electron chi connectivity index (χ1n) is 17.3. The van der Waals surface area contributed by atoms with Gasteiger partial charge in [0.25, 0.3) is 0 Å². The SMILES string of the molecule is CC(C)(C)Cc1cc(-c2[c-]cccc2)nc[c]1[Ge]([CH3])([CH3])[CH3].[Ir].[c-]1ccc2c(oc3ccccc32)c1-c1cc(CC2CCCCC2)ccn1. The van der Waals surface area contributed by atoms with Crippen molar-refractivity contribution in [3.8, 4) is 22.5 Å². The average Bonchev–Trinajstić information content (AvgIpc) is 3.44. The predicted octanol–water partition coefficient (Wildman–Crippen LogP) is 11.3. The zero-order chi connectivity index (χ0) is 33.0. The van der Waals surface area contributed by atoms with Crippen molar-refractivity contribution in [2.45, 2.75) is 83.0 Å². The molecule has 0 saturated heterocycles. The summed E-state index contributed by atoms with van der Waals surface area (Å²) in [4.78, 5) is 9.35. The number of benzene rings is 3. The molecule has 0 atom stereocenters. The van der Waals surface area contributed by atoms with E-state index in [1.165, 1.54) is 47.6 Å². The standard InChI is InChI=1S/C24H22NO.C19H26GeN.Ir/c1-2-7-17(8-3-1)15-18-13-14-25-22(16-18)21-11-6-10-20-19-9-4-5-12-23(19)26-24(20)21;1-19(2,3)13-16-12-18(15-10-8-7-9-11-15)21-14-17(16)20(4,5)6;/h4-6,9-10,12-14,16-17H,1-3,7-8,15H2;7-10,12,14H,13H2,1-6H3;/q2*-1;. The molecule has 3 aromatic carbocycles. The van der Waals surface area contributed by atoms with E-state index in [4.69, 9.17) is 9.40 Å². The average molecular weight is 874 g/mol. The van der Waals surface area contributed by atoms with Crippen LogP contribution in [0, 0.1) is 23.5 Å². The first-order valence-corrected chi connectivity index (χ1v) is 24.6. The predicted molar refractivity (Wildman–Crippen MR) is 201 cm³/mol. The Bertz CT molecular complexity index is 1950. The first kappa shape index (κ1) is 36.2. The summed E-state index contributed by atoms with van der Waals surface area (Å²) in [5, 5.41) is 2.28. The van der Waals surface area contributed by atoms with Crippen LogP contribution in [0.1, 0.15) is 64.0 Å². The molecule has 0 aliphatic heterocycles. The summed E-state index contributed by atoms with van der Waals surface area (Å²) in [5.41, 5.74) is 9.01. The van der Waals surface area contributed by atoms with Gasteiger partial charge in [-0.05, 0) is 30.2 Å². The smallest absolute Gasteiger partial charge is 0.120 e. The van der Waals surface area contributed by atoms with E-state index in [0.29, 0.717) is 5.41 Å². The zero-order valence-electron chi connectivity index (χ0n) is 29.3. The number of hydrogen-bond acceptors (Lipinski definition) is 3. The van der Waals surface area contributed by atoms with E-state index in [1.807, 2.05) is 42.6 Å². The van der Waals surface area contributed by atoms with Gasteiger partial charge in [-0.15, -0.1) is 18.2 Å². The third-order valence-electron chi connectivity index (χ3n) is 9.17. The number of aromatic nitrogens is 2. The summed E-state index contributed by atoms with van der Waals surface area (Å²) in [5.74, 6) is 8.15. The van der Waals surface area contributed by atoms with Crippen LogP contribution >= 0.6 is 0 Å². The largest absolute Gasteiger partial charge is 0.501 e. The topological polar surface area (TPSA) is 38.9 Å². The number of hydrogen-bond donors (Lipinski definition) is 0. The number of rotatable bonds is 6. The second-order valence-corrected chi connectivity index (χ2v) is 26.0. The van der Waals surface area contributed by atoms with Crippen LogP contribution in [0.15, 0.2) is 95.7 Å². The zero-order valence-corrected chi connectivity index (χ0v) is 33.8. The normalized spacial score (nSPS) is 14.0. The molecule has 3 nitrogen and oxygen atoms in total. The summed E-state index contributed by atoms with van der Waals surface area (Å²) in [6.07, 6.45) is 13.2. The van der Waals surface area contributed by atoms with Crippen LogP contribution in [0.4, 0.5) is 0 Å². The van der Waals surface area contributed by atoms with Crippen molar-refractivity contribution in [2.24, 2.45) is 11.3 Å². The fraction of sp³-hybridized carbons (Fsp3) is 0.349. The maximum Gasteiger partial charge on any atom is 0.120 e. The molecule has 1 aliphatic carbocycles. The third kappa shape index (κ3) is 8.94. The molecule has 0 amide bonds. The molecular formula is C43H48GeIrN2O-2. The van der Waals surface area contributed by atoms with Gasteiger partial charge in [-0.25, -0.2) is 0 Å². The fourth-order valence-corrected chi connectivity index (χ4v) is 10.2. The minimum Gasteiger partial charge on any atom is -0.501 e. The third-order valence-corrected chi connectivity index (χ3v) is 13.5. The van der Waals surface area contributed by atoms with Crippen LogP contribution in [0.5, 0.6) is 0 Å². The Hall–Kier alpha value is -3.05. The molecule has 0 unspecified atom stereocenters. The van der Waals surface area contributed by atoms with E-state index in [1.54, 1.807) is 0 Å². The molecule has 1 saturated carbocycles. The van der Waals surface area contributed by atoms with E-state index >= 15 is 0 Å². The van der Waals surface area contributed by atoms with Gasteiger partial charge >= 0.3 is 132 Å². The van der Waals surface area contributed by atoms with E-state index in [2.05, 4.69) is 104 Å². The molecule has 0 N–H and O–H groups in total. The molecule has 0 bridgehead atoms. The van der Waals surface area contributed by atoms with Gasteiger partial charge in [0, 0.05) is 31.7 Å². The number of pyridine rings is 2. The number of furan rings is 1. The van der Waals surface area contributed by atoms with E-state index in [9.17, 15) is 0 Å². The van der Waals surface area contributed by atoms with Crippen molar-refractivity contribution in [1.29, 1.82) is 0 Å². The Morgan fingerprint density at radius 1 is 0.812 bits per heavy atom. The maximum atomic E-state index is 6.16. The van der Waals surface area contributed by atoms with Crippen molar-refractivity contribution in [1.82, 2.24) is 9.97 Å². The summed E-state index contributed by atoms with van der Waals surface area (Å²) < 4.78 is 7.69. The molecule has 0 spiro atoms. The van der Waals surface area contributed by atoms with Gasteiger partial charge in [-0.2, -0.15) is 0 Å². The van der Waals surface area contributed by atoms with Crippen LogP contribution in [0.3, 0.4) is 0 Å². The van der Waals surface area contributed by atoms with E-state index in [0.717, 1.165) is 63.2 Å². The molecular weight excluding hydrogens is 825 g/mol. The molecule has 251 valence electrons. The van der Waals surface area contributed by atoms with Crippen LogP contribution in [-0.4, -0.2) is 23.2 Å². The Labute approximate surface area is 303 Å². The van der Waals surface area contributed by atoms with Crippen molar-refractivity contribution < 1.29 is 24.5 Å². The molecule has 7 rings (SSSR count). The van der Waals surface area contributed by atoms with Gasteiger partial charge < -0.3 is 9.40 Å².